The minimum absolute atomic E-state index is 0.0441. The van der Waals surface area contributed by atoms with Gasteiger partial charge in [-0.25, -0.2) is 0 Å². The molecule has 1 amide bonds. The minimum Gasteiger partial charge on any atom is -0.394 e. The summed E-state index contributed by atoms with van der Waals surface area (Å²) in [4.78, 5) is 13.6. The highest BCUT2D eigenvalue weighted by atomic mass is 16.5. The van der Waals surface area contributed by atoms with Gasteiger partial charge in [-0.05, 0) is 30.5 Å². The Kier molecular flexibility index (Phi) is 4.76. The fourth-order valence-corrected chi connectivity index (χ4v) is 2.51. The zero-order valence-electron chi connectivity index (χ0n) is 11.0. The number of carbonyl (C=O) groups is 1. The van der Waals surface area contributed by atoms with Crippen molar-refractivity contribution in [3.8, 4) is 0 Å². The lowest BCUT2D eigenvalue weighted by Crippen LogP contribution is -2.33. The summed E-state index contributed by atoms with van der Waals surface area (Å²) in [7, 11) is 0. The van der Waals surface area contributed by atoms with Gasteiger partial charge in [0.1, 0.15) is 0 Å². The quantitative estimate of drug-likeness (QED) is 0.736. The van der Waals surface area contributed by atoms with E-state index in [2.05, 4.69) is 4.90 Å². The molecule has 0 unspecified atom stereocenters. The molecule has 19 heavy (non-hydrogen) atoms. The van der Waals surface area contributed by atoms with Crippen molar-refractivity contribution >= 4 is 11.6 Å². The van der Waals surface area contributed by atoms with Crippen LogP contribution in [0.2, 0.25) is 0 Å². The third-order valence-corrected chi connectivity index (χ3v) is 3.35. The van der Waals surface area contributed by atoms with Crippen molar-refractivity contribution in [2.75, 3.05) is 37.8 Å². The summed E-state index contributed by atoms with van der Waals surface area (Å²) < 4.78 is 5.29. The van der Waals surface area contributed by atoms with Gasteiger partial charge < -0.3 is 20.5 Å². The Bertz CT molecular complexity index is 448. The molecule has 1 aliphatic rings. The number of primary amides is 1. The molecule has 1 aliphatic heterocycles. The SMILES string of the molecule is NC(=O)c1cccc2c1CCCN2CCOCCO. The average molecular weight is 264 g/mol. The second kappa shape index (κ2) is 6.54. The van der Waals surface area contributed by atoms with Gasteiger partial charge in [0.15, 0.2) is 0 Å². The van der Waals surface area contributed by atoms with Gasteiger partial charge in [0.25, 0.3) is 0 Å². The Morgan fingerprint density at radius 1 is 1.42 bits per heavy atom. The first-order valence-corrected chi connectivity index (χ1v) is 6.59. The average Bonchev–Trinajstić information content (AvgIpc) is 2.43. The Morgan fingerprint density at radius 3 is 3.00 bits per heavy atom. The smallest absolute Gasteiger partial charge is 0.249 e. The zero-order valence-corrected chi connectivity index (χ0v) is 11.0. The van der Waals surface area contributed by atoms with Gasteiger partial charge in [-0.15, -0.1) is 0 Å². The van der Waals surface area contributed by atoms with E-state index in [-0.39, 0.29) is 12.5 Å². The van der Waals surface area contributed by atoms with E-state index in [1.165, 1.54) is 0 Å². The number of benzene rings is 1. The third kappa shape index (κ3) is 3.24. The first-order valence-electron chi connectivity index (χ1n) is 6.59. The normalized spacial score (nSPS) is 14.3. The number of aliphatic hydroxyl groups excluding tert-OH is 1. The van der Waals surface area contributed by atoms with Crippen molar-refractivity contribution in [1.82, 2.24) is 0 Å². The predicted molar refractivity (Wildman–Crippen MR) is 73.4 cm³/mol. The first kappa shape index (κ1) is 13.8. The van der Waals surface area contributed by atoms with Crippen molar-refractivity contribution in [3.63, 3.8) is 0 Å². The van der Waals surface area contributed by atoms with Crippen LogP contribution in [0, 0.1) is 0 Å². The molecule has 0 saturated carbocycles. The fraction of sp³-hybridized carbons (Fsp3) is 0.500. The molecule has 1 heterocycles. The Labute approximate surface area is 113 Å². The number of fused-ring (bicyclic) bond motifs is 1. The summed E-state index contributed by atoms with van der Waals surface area (Å²) in [6.45, 7) is 2.69. The summed E-state index contributed by atoms with van der Waals surface area (Å²) in [5, 5.41) is 8.67. The summed E-state index contributed by atoms with van der Waals surface area (Å²) in [6.07, 6.45) is 1.90. The molecule has 0 atom stereocenters. The highest BCUT2D eigenvalue weighted by Crippen LogP contribution is 2.29. The molecule has 2 rings (SSSR count). The predicted octanol–water partition coefficient (Wildman–Crippen LogP) is 0.547. The number of rotatable bonds is 6. The van der Waals surface area contributed by atoms with Crippen LogP contribution >= 0.6 is 0 Å². The number of hydrogen-bond acceptors (Lipinski definition) is 4. The van der Waals surface area contributed by atoms with Crippen molar-refractivity contribution in [1.29, 1.82) is 0 Å². The Hall–Kier alpha value is -1.59. The molecule has 1 aromatic rings. The number of anilines is 1. The van der Waals surface area contributed by atoms with Crippen molar-refractivity contribution in [2.24, 2.45) is 5.73 Å². The molecule has 0 saturated heterocycles. The van der Waals surface area contributed by atoms with Crippen molar-refractivity contribution in [2.45, 2.75) is 12.8 Å². The molecule has 0 aromatic heterocycles. The molecular formula is C14H20N2O3. The lowest BCUT2D eigenvalue weighted by molar-refractivity contribution is 0.0965. The van der Waals surface area contributed by atoms with Crippen LogP contribution in [0.15, 0.2) is 18.2 Å². The van der Waals surface area contributed by atoms with Crippen LogP contribution in [-0.2, 0) is 11.2 Å². The topological polar surface area (TPSA) is 75.8 Å². The van der Waals surface area contributed by atoms with Gasteiger partial charge in [0, 0.05) is 24.3 Å². The van der Waals surface area contributed by atoms with Gasteiger partial charge in [-0.3, -0.25) is 4.79 Å². The maximum absolute atomic E-state index is 11.4. The third-order valence-electron chi connectivity index (χ3n) is 3.35. The van der Waals surface area contributed by atoms with E-state index in [1.54, 1.807) is 6.07 Å². The number of carbonyl (C=O) groups excluding carboxylic acids is 1. The second-order valence-corrected chi connectivity index (χ2v) is 4.59. The van der Waals surface area contributed by atoms with Crippen LogP contribution in [0.3, 0.4) is 0 Å². The molecule has 0 bridgehead atoms. The van der Waals surface area contributed by atoms with Gasteiger partial charge in [-0.2, -0.15) is 0 Å². The Balaban J connectivity index is 2.11. The van der Waals surface area contributed by atoms with E-state index < -0.39 is 0 Å². The fourth-order valence-electron chi connectivity index (χ4n) is 2.51. The number of hydrogen-bond donors (Lipinski definition) is 2. The summed E-state index contributed by atoms with van der Waals surface area (Å²) in [5.74, 6) is -0.366. The molecule has 3 N–H and O–H groups in total. The number of amides is 1. The number of nitrogens with zero attached hydrogens (tertiary/aromatic N) is 1. The van der Waals surface area contributed by atoms with Crippen LogP contribution in [0.4, 0.5) is 5.69 Å². The van der Waals surface area contributed by atoms with Gasteiger partial charge in [0.2, 0.25) is 5.91 Å². The van der Waals surface area contributed by atoms with Crippen LogP contribution < -0.4 is 10.6 Å². The Morgan fingerprint density at radius 2 is 2.26 bits per heavy atom. The molecule has 0 aliphatic carbocycles. The second-order valence-electron chi connectivity index (χ2n) is 4.59. The van der Waals surface area contributed by atoms with E-state index in [0.717, 1.165) is 37.2 Å². The van der Waals surface area contributed by atoms with E-state index in [1.807, 2.05) is 12.1 Å². The molecule has 0 fully saturated rings. The van der Waals surface area contributed by atoms with E-state index in [4.69, 9.17) is 15.6 Å². The maximum Gasteiger partial charge on any atom is 0.249 e. The molecule has 5 nitrogen and oxygen atoms in total. The van der Waals surface area contributed by atoms with Crippen LogP contribution in [-0.4, -0.2) is 43.9 Å². The lowest BCUT2D eigenvalue weighted by atomic mass is 9.96. The highest BCUT2D eigenvalue weighted by Gasteiger charge is 2.20. The first-order chi connectivity index (χ1) is 9.24. The molecule has 0 spiro atoms. The van der Waals surface area contributed by atoms with E-state index in [0.29, 0.717) is 18.8 Å². The molecular weight excluding hydrogens is 244 g/mol. The monoisotopic (exact) mass is 264 g/mol. The van der Waals surface area contributed by atoms with Crippen molar-refractivity contribution < 1.29 is 14.6 Å². The highest BCUT2D eigenvalue weighted by molar-refractivity contribution is 5.96. The standard InChI is InChI=1S/C14H20N2O3/c15-14(18)12-3-1-5-13-11(12)4-2-6-16(13)7-9-19-10-8-17/h1,3,5,17H,2,4,6-10H2,(H2,15,18). The zero-order chi connectivity index (χ0) is 13.7. The maximum atomic E-state index is 11.4. The molecule has 5 heteroatoms. The molecule has 1 aromatic carbocycles. The summed E-state index contributed by atoms with van der Waals surface area (Å²) in [5.41, 5.74) is 8.16. The van der Waals surface area contributed by atoms with Gasteiger partial charge >= 0.3 is 0 Å². The largest absolute Gasteiger partial charge is 0.394 e. The molecule has 104 valence electrons. The van der Waals surface area contributed by atoms with Gasteiger partial charge in [0.05, 0.1) is 19.8 Å². The molecule has 0 radical (unpaired) electrons. The minimum atomic E-state index is -0.366. The number of ether oxygens (including phenoxy) is 1. The lowest BCUT2D eigenvalue weighted by Gasteiger charge is -2.32. The van der Waals surface area contributed by atoms with Crippen LogP contribution in [0.5, 0.6) is 0 Å². The number of nitrogens with two attached hydrogens (primary N) is 1. The van der Waals surface area contributed by atoms with Gasteiger partial charge in [-0.1, -0.05) is 6.07 Å². The summed E-state index contributed by atoms with van der Waals surface area (Å²) >= 11 is 0. The van der Waals surface area contributed by atoms with Crippen LogP contribution in [0.1, 0.15) is 22.3 Å². The van der Waals surface area contributed by atoms with E-state index >= 15 is 0 Å². The summed E-state index contributed by atoms with van der Waals surface area (Å²) in [6, 6.07) is 5.67. The van der Waals surface area contributed by atoms with Crippen LogP contribution in [0.25, 0.3) is 0 Å². The number of aliphatic hydroxyl groups is 1. The van der Waals surface area contributed by atoms with E-state index in [9.17, 15) is 4.79 Å². The van der Waals surface area contributed by atoms with Crippen molar-refractivity contribution in [3.05, 3.63) is 29.3 Å².